The summed E-state index contributed by atoms with van der Waals surface area (Å²) in [6.07, 6.45) is 2.94. The molecule has 2 aliphatic rings. The Labute approximate surface area is 200 Å². The second-order valence-corrected chi connectivity index (χ2v) is 9.26. The largest absolute Gasteiger partial charge is 0.481 e. The molecule has 0 aliphatic heterocycles. The van der Waals surface area contributed by atoms with Crippen LogP contribution in [0.2, 0.25) is 0 Å². The van der Waals surface area contributed by atoms with Gasteiger partial charge in [0.25, 0.3) is 0 Å². The third-order valence-electron chi connectivity index (χ3n) is 7.11. The van der Waals surface area contributed by atoms with Crippen molar-refractivity contribution in [2.45, 2.75) is 38.0 Å². The van der Waals surface area contributed by atoms with Crippen molar-refractivity contribution in [2.24, 2.45) is 11.8 Å². The Morgan fingerprint density at radius 1 is 1.06 bits per heavy atom. The lowest BCUT2D eigenvalue weighted by atomic mass is 9.75. The van der Waals surface area contributed by atoms with Gasteiger partial charge in [0.1, 0.15) is 6.61 Å². The highest BCUT2D eigenvalue weighted by atomic mass is 16.5. The monoisotopic (exact) mass is 464 g/mol. The molecule has 2 N–H and O–H groups in total. The lowest BCUT2D eigenvalue weighted by Crippen LogP contribution is -2.45. The van der Waals surface area contributed by atoms with E-state index in [1.165, 1.54) is 11.1 Å². The number of carboxylic acid groups (broad SMARTS) is 1. The zero-order chi connectivity index (χ0) is 24.1. The number of hydrogen-bond acceptors (Lipinski definition) is 4. The van der Waals surface area contributed by atoms with Crippen molar-refractivity contribution in [3.05, 3.63) is 59.7 Å². The predicted molar refractivity (Wildman–Crippen MR) is 128 cm³/mol. The first kappa shape index (κ1) is 23.8. The van der Waals surface area contributed by atoms with Crippen LogP contribution in [0.25, 0.3) is 11.1 Å². The summed E-state index contributed by atoms with van der Waals surface area (Å²) in [5.74, 6) is -1.00. The predicted octanol–water partition coefficient (Wildman–Crippen LogP) is 4.26. The number of ether oxygens (including phenoxy) is 1. The van der Waals surface area contributed by atoms with Crippen LogP contribution < -0.4 is 5.32 Å². The molecule has 0 saturated heterocycles. The number of hydrogen-bond donors (Lipinski definition) is 2. The van der Waals surface area contributed by atoms with Crippen LogP contribution in [0.3, 0.4) is 0 Å². The molecular formula is C27H32N2O5. The molecule has 2 amide bonds. The van der Waals surface area contributed by atoms with E-state index in [1.54, 1.807) is 11.9 Å². The van der Waals surface area contributed by atoms with Crippen LogP contribution in [0.15, 0.2) is 48.5 Å². The Balaban J connectivity index is 1.32. The van der Waals surface area contributed by atoms with E-state index in [0.29, 0.717) is 13.0 Å². The van der Waals surface area contributed by atoms with E-state index >= 15 is 0 Å². The van der Waals surface area contributed by atoms with E-state index < -0.39 is 12.1 Å². The van der Waals surface area contributed by atoms with Crippen molar-refractivity contribution in [2.75, 3.05) is 26.7 Å². The van der Waals surface area contributed by atoms with Crippen molar-refractivity contribution < 1.29 is 24.2 Å². The Bertz CT molecular complexity index is 1000. The SMILES string of the molecule is CN(CCCC(=O)O)C(=O)C(CNC(=O)OCC1c2ccccc2-c2ccccc21)C1CCC1. The Kier molecular flexibility index (Phi) is 7.50. The summed E-state index contributed by atoms with van der Waals surface area (Å²) in [4.78, 5) is 37.9. The minimum atomic E-state index is -0.867. The lowest BCUT2D eigenvalue weighted by Gasteiger charge is -2.35. The number of aliphatic carboxylic acids is 1. The van der Waals surface area contributed by atoms with Gasteiger partial charge in [-0.3, -0.25) is 9.59 Å². The number of rotatable bonds is 10. The average molecular weight is 465 g/mol. The van der Waals surface area contributed by atoms with E-state index in [4.69, 9.17) is 9.84 Å². The van der Waals surface area contributed by atoms with Crippen molar-refractivity contribution in [3.63, 3.8) is 0 Å². The average Bonchev–Trinajstić information content (AvgIpc) is 3.12. The highest BCUT2D eigenvalue weighted by molar-refractivity contribution is 5.81. The van der Waals surface area contributed by atoms with Crippen LogP contribution in [0.4, 0.5) is 4.79 Å². The summed E-state index contributed by atoms with van der Waals surface area (Å²) < 4.78 is 5.61. The second kappa shape index (κ2) is 10.7. The molecule has 0 bridgehead atoms. The highest BCUT2D eigenvalue weighted by Crippen LogP contribution is 2.44. The van der Waals surface area contributed by atoms with E-state index in [0.717, 1.165) is 30.4 Å². The van der Waals surface area contributed by atoms with Gasteiger partial charge in [-0.05, 0) is 47.4 Å². The fraction of sp³-hybridized carbons (Fsp3) is 0.444. The molecule has 7 heteroatoms. The van der Waals surface area contributed by atoms with Crippen molar-refractivity contribution >= 4 is 18.0 Å². The molecule has 0 spiro atoms. The third-order valence-corrected chi connectivity index (χ3v) is 7.11. The van der Waals surface area contributed by atoms with Crippen LogP contribution in [0.5, 0.6) is 0 Å². The fourth-order valence-electron chi connectivity index (χ4n) is 5.00. The summed E-state index contributed by atoms with van der Waals surface area (Å²) in [5, 5.41) is 11.6. The van der Waals surface area contributed by atoms with E-state index in [1.807, 2.05) is 24.3 Å². The van der Waals surface area contributed by atoms with Crippen LogP contribution in [0, 0.1) is 11.8 Å². The third kappa shape index (κ3) is 5.24. The zero-order valence-corrected chi connectivity index (χ0v) is 19.5. The summed E-state index contributed by atoms with van der Waals surface area (Å²) >= 11 is 0. The van der Waals surface area contributed by atoms with Gasteiger partial charge in [0.2, 0.25) is 5.91 Å². The first-order valence-electron chi connectivity index (χ1n) is 12.0. The molecule has 2 aromatic rings. The maximum Gasteiger partial charge on any atom is 0.407 e. The molecule has 1 atom stereocenters. The Morgan fingerprint density at radius 3 is 2.24 bits per heavy atom. The number of amides is 2. The molecule has 0 heterocycles. The normalized spacial score (nSPS) is 15.6. The van der Waals surface area contributed by atoms with Gasteiger partial charge in [-0.2, -0.15) is 0 Å². The number of nitrogens with one attached hydrogen (secondary N) is 1. The quantitative estimate of drug-likeness (QED) is 0.548. The molecule has 7 nitrogen and oxygen atoms in total. The zero-order valence-electron chi connectivity index (χ0n) is 19.5. The topological polar surface area (TPSA) is 95.9 Å². The second-order valence-electron chi connectivity index (χ2n) is 9.26. The van der Waals surface area contributed by atoms with Crippen LogP contribution in [-0.4, -0.2) is 54.7 Å². The number of carbonyl (C=O) groups excluding carboxylic acids is 2. The number of benzene rings is 2. The molecule has 0 aromatic heterocycles. The van der Waals surface area contributed by atoms with Gasteiger partial charge in [0, 0.05) is 32.5 Å². The fourth-order valence-corrected chi connectivity index (χ4v) is 5.00. The molecule has 180 valence electrons. The molecule has 2 aliphatic carbocycles. The van der Waals surface area contributed by atoms with E-state index in [9.17, 15) is 14.4 Å². The standard InChI is InChI=1S/C27H32N2O5/c1-29(15-7-14-25(30)31)26(32)23(18-8-6-9-18)16-28-27(33)34-17-24-21-12-4-2-10-19(21)20-11-3-5-13-22(20)24/h2-5,10-13,18,23-24H,6-9,14-17H2,1H3,(H,28,33)(H,30,31). The molecule has 4 rings (SSSR count). The van der Waals surface area contributed by atoms with Crippen molar-refractivity contribution in [1.29, 1.82) is 0 Å². The van der Waals surface area contributed by atoms with Gasteiger partial charge in [0.15, 0.2) is 0 Å². The van der Waals surface area contributed by atoms with Gasteiger partial charge < -0.3 is 20.1 Å². The summed E-state index contributed by atoms with van der Waals surface area (Å²) in [6.45, 7) is 0.847. The summed E-state index contributed by atoms with van der Waals surface area (Å²) in [5.41, 5.74) is 4.66. The summed E-state index contributed by atoms with van der Waals surface area (Å²) in [7, 11) is 1.70. The molecule has 1 unspecified atom stereocenters. The summed E-state index contributed by atoms with van der Waals surface area (Å²) in [6, 6.07) is 16.4. The number of fused-ring (bicyclic) bond motifs is 3. The Morgan fingerprint density at radius 2 is 1.68 bits per heavy atom. The van der Waals surface area contributed by atoms with Gasteiger partial charge in [0.05, 0.1) is 5.92 Å². The number of alkyl carbamates (subject to hydrolysis) is 1. The molecule has 1 fully saturated rings. The first-order chi connectivity index (χ1) is 16.5. The molecule has 1 saturated carbocycles. The molecular weight excluding hydrogens is 432 g/mol. The molecule has 2 aromatic carbocycles. The first-order valence-corrected chi connectivity index (χ1v) is 12.0. The molecule has 34 heavy (non-hydrogen) atoms. The van der Waals surface area contributed by atoms with Gasteiger partial charge in [-0.15, -0.1) is 0 Å². The van der Waals surface area contributed by atoms with Crippen LogP contribution in [0.1, 0.15) is 49.1 Å². The van der Waals surface area contributed by atoms with Gasteiger partial charge >= 0.3 is 12.1 Å². The van der Waals surface area contributed by atoms with E-state index in [-0.39, 0.29) is 43.2 Å². The Hall–Kier alpha value is -3.35. The van der Waals surface area contributed by atoms with Crippen molar-refractivity contribution in [3.8, 4) is 11.1 Å². The lowest BCUT2D eigenvalue weighted by molar-refractivity contribution is -0.139. The van der Waals surface area contributed by atoms with Gasteiger partial charge in [-0.25, -0.2) is 4.79 Å². The number of nitrogens with zero attached hydrogens (tertiary/aromatic N) is 1. The molecule has 0 radical (unpaired) electrons. The van der Waals surface area contributed by atoms with E-state index in [2.05, 4.69) is 29.6 Å². The van der Waals surface area contributed by atoms with Crippen LogP contribution >= 0.6 is 0 Å². The number of carboxylic acids is 1. The maximum absolute atomic E-state index is 13.0. The van der Waals surface area contributed by atoms with Crippen LogP contribution in [-0.2, 0) is 14.3 Å². The smallest absolute Gasteiger partial charge is 0.407 e. The highest BCUT2D eigenvalue weighted by Gasteiger charge is 2.35. The van der Waals surface area contributed by atoms with Gasteiger partial charge in [-0.1, -0.05) is 55.0 Å². The number of carbonyl (C=O) groups is 3. The van der Waals surface area contributed by atoms with Crippen molar-refractivity contribution in [1.82, 2.24) is 10.2 Å². The minimum Gasteiger partial charge on any atom is -0.481 e. The maximum atomic E-state index is 13.0. The minimum absolute atomic E-state index is 0.0115.